The first kappa shape index (κ1) is 11.7. The average Bonchev–Trinajstić information content (AvgIpc) is 2.26. The summed E-state index contributed by atoms with van der Waals surface area (Å²) < 4.78 is 12.1. The first-order chi connectivity index (χ1) is 7.65. The van der Waals surface area contributed by atoms with Crippen molar-refractivity contribution in [1.82, 2.24) is 0 Å². The van der Waals surface area contributed by atoms with Crippen molar-refractivity contribution in [1.29, 1.82) is 0 Å². The van der Waals surface area contributed by atoms with E-state index in [2.05, 4.69) is 15.9 Å². The molecular formula is C12H15BrO3. The van der Waals surface area contributed by atoms with Gasteiger partial charge in [0, 0.05) is 15.6 Å². The summed E-state index contributed by atoms with van der Waals surface area (Å²) in [4.78, 5) is 0. The van der Waals surface area contributed by atoms with Crippen molar-refractivity contribution in [3.63, 3.8) is 0 Å². The van der Waals surface area contributed by atoms with Gasteiger partial charge in [-0.05, 0) is 19.4 Å². The second-order valence-electron chi connectivity index (χ2n) is 3.80. The van der Waals surface area contributed by atoms with Gasteiger partial charge in [0.2, 0.25) is 0 Å². The lowest BCUT2D eigenvalue weighted by Gasteiger charge is -2.24. The zero-order valence-corrected chi connectivity index (χ0v) is 11.0. The minimum Gasteiger partial charge on any atom is -0.486 e. The van der Waals surface area contributed by atoms with Crippen molar-refractivity contribution in [2.45, 2.75) is 26.4 Å². The van der Waals surface area contributed by atoms with Gasteiger partial charge in [-0.15, -0.1) is 0 Å². The Bertz CT molecular complexity index is 402. The second-order valence-corrected chi connectivity index (χ2v) is 4.66. The number of halogens is 1. The fourth-order valence-electron chi connectivity index (χ4n) is 2.04. The van der Waals surface area contributed by atoms with Crippen molar-refractivity contribution in [2.24, 2.45) is 0 Å². The molecule has 1 N–H and O–H groups in total. The Balaban J connectivity index is 2.62. The Morgan fingerprint density at radius 1 is 1.44 bits per heavy atom. The predicted octanol–water partition coefficient (Wildman–Crippen LogP) is 2.84. The van der Waals surface area contributed by atoms with Gasteiger partial charge in [0.1, 0.15) is 13.2 Å². The second kappa shape index (κ2) is 4.63. The third-order valence-corrected chi connectivity index (χ3v) is 3.35. The molecule has 1 aromatic rings. The molecule has 0 saturated heterocycles. The molecule has 1 aliphatic rings. The van der Waals surface area contributed by atoms with E-state index < -0.39 is 6.10 Å². The maximum absolute atomic E-state index is 9.79. The van der Waals surface area contributed by atoms with Gasteiger partial charge < -0.3 is 14.6 Å². The molecule has 0 aromatic heterocycles. The van der Waals surface area contributed by atoms with Gasteiger partial charge >= 0.3 is 0 Å². The number of rotatable bonds is 2. The van der Waals surface area contributed by atoms with Gasteiger partial charge in [0.15, 0.2) is 11.5 Å². The summed E-state index contributed by atoms with van der Waals surface area (Å²) in [7, 11) is 0. The maximum atomic E-state index is 9.79. The number of hydrogen-bond acceptors (Lipinski definition) is 3. The van der Waals surface area contributed by atoms with Crippen molar-refractivity contribution in [3.8, 4) is 11.5 Å². The summed E-state index contributed by atoms with van der Waals surface area (Å²) in [6, 6.07) is 1.87. The van der Waals surface area contributed by atoms with E-state index in [1.165, 1.54) is 0 Å². The van der Waals surface area contributed by atoms with Gasteiger partial charge in [0.05, 0.1) is 6.10 Å². The van der Waals surface area contributed by atoms with Crippen molar-refractivity contribution >= 4 is 15.9 Å². The van der Waals surface area contributed by atoms with E-state index in [0.717, 1.165) is 33.5 Å². The van der Waals surface area contributed by atoms with Gasteiger partial charge in [0.25, 0.3) is 0 Å². The van der Waals surface area contributed by atoms with E-state index >= 15 is 0 Å². The van der Waals surface area contributed by atoms with Crippen LogP contribution in [0.5, 0.6) is 11.5 Å². The van der Waals surface area contributed by atoms with Crippen LogP contribution in [0.15, 0.2) is 10.5 Å². The minimum absolute atomic E-state index is 0.514. The van der Waals surface area contributed by atoms with Crippen LogP contribution in [0, 0.1) is 0 Å². The Labute approximate surface area is 104 Å². The molecule has 4 heteroatoms. The molecule has 0 spiro atoms. The van der Waals surface area contributed by atoms with Crippen LogP contribution in [0.2, 0.25) is 0 Å². The molecule has 1 aromatic carbocycles. The smallest absolute Gasteiger partial charge is 0.164 e. The lowest BCUT2D eigenvalue weighted by Crippen LogP contribution is -2.18. The highest BCUT2D eigenvalue weighted by Crippen LogP contribution is 2.42. The lowest BCUT2D eigenvalue weighted by molar-refractivity contribution is 0.165. The SMILES string of the molecule is CCc1c2c(cc(Br)c1C(C)O)OCCO2. The molecule has 0 fully saturated rings. The Kier molecular flexibility index (Phi) is 3.40. The minimum atomic E-state index is -0.514. The predicted molar refractivity (Wildman–Crippen MR) is 65.1 cm³/mol. The Hall–Kier alpha value is -0.740. The molecule has 0 saturated carbocycles. The van der Waals surface area contributed by atoms with Gasteiger partial charge in [-0.1, -0.05) is 22.9 Å². The molecular weight excluding hydrogens is 272 g/mol. The highest BCUT2D eigenvalue weighted by molar-refractivity contribution is 9.10. The molecule has 1 unspecified atom stereocenters. The number of aliphatic hydroxyl groups is 1. The summed E-state index contributed by atoms with van der Waals surface area (Å²) in [5.41, 5.74) is 1.92. The molecule has 0 bridgehead atoms. The summed E-state index contributed by atoms with van der Waals surface area (Å²) in [6.07, 6.45) is 0.297. The van der Waals surface area contributed by atoms with Crippen molar-refractivity contribution in [2.75, 3.05) is 13.2 Å². The van der Waals surface area contributed by atoms with Crippen LogP contribution in [0.4, 0.5) is 0 Å². The largest absolute Gasteiger partial charge is 0.486 e. The fourth-order valence-corrected chi connectivity index (χ4v) is 2.82. The van der Waals surface area contributed by atoms with Gasteiger partial charge in [-0.2, -0.15) is 0 Å². The average molecular weight is 287 g/mol. The number of hydrogen-bond donors (Lipinski definition) is 1. The summed E-state index contributed by atoms with van der Waals surface area (Å²) in [6.45, 7) is 4.96. The fraction of sp³-hybridized carbons (Fsp3) is 0.500. The highest BCUT2D eigenvalue weighted by Gasteiger charge is 2.22. The first-order valence-electron chi connectivity index (χ1n) is 5.44. The molecule has 3 nitrogen and oxygen atoms in total. The van der Waals surface area contributed by atoms with Gasteiger partial charge in [-0.3, -0.25) is 0 Å². The third-order valence-electron chi connectivity index (χ3n) is 2.70. The molecule has 0 amide bonds. The maximum Gasteiger partial charge on any atom is 0.164 e. The van der Waals surface area contributed by atoms with Crippen LogP contribution in [-0.2, 0) is 6.42 Å². The molecule has 0 radical (unpaired) electrons. The topological polar surface area (TPSA) is 38.7 Å². The van der Waals surface area contributed by atoms with E-state index in [4.69, 9.17) is 9.47 Å². The number of fused-ring (bicyclic) bond motifs is 1. The molecule has 2 rings (SSSR count). The summed E-state index contributed by atoms with van der Waals surface area (Å²) in [5, 5.41) is 9.79. The van der Waals surface area contributed by atoms with Crippen LogP contribution in [0.3, 0.4) is 0 Å². The molecule has 16 heavy (non-hydrogen) atoms. The first-order valence-corrected chi connectivity index (χ1v) is 6.23. The normalized spacial score (nSPS) is 16.0. The number of aliphatic hydroxyl groups excluding tert-OH is 1. The quantitative estimate of drug-likeness (QED) is 0.909. The van der Waals surface area contributed by atoms with E-state index in [1.807, 2.05) is 13.0 Å². The molecule has 1 atom stereocenters. The molecule has 88 valence electrons. The zero-order valence-electron chi connectivity index (χ0n) is 9.42. The van der Waals surface area contributed by atoms with Crippen molar-refractivity contribution in [3.05, 3.63) is 21.7 Å². The van der Waals surface area contributed by atoms with E-state index in [9.17, 15) is 5.11 Å². The van der Waals surface area contributed by atoms with E-state index in [-0.39, 0.29) is 0 Å². The van der Waals surface area contributed by atoms with Crippen molar-refractivity contribution < 1.29 is 14.6 Å². The standard InChI is InChI=1S/C12H15BrO3/c1-3-8-11(7(2)14)9(13)6-10-12(8)16-5-4-15-10/h6-7,14H,3-5H2,1-2H3. The number of benzene rings is 1. The van der Waals surface area contributed by atoms with E-state index in [0.29, 0.717) is 13.2 Å². The Morgan fingerprint density at radius 2 is 2.12 bits per heavy atom. The summed E-state index contributed by atoms with van der Waals surface area (Å²) in [5.74, 6) is 1.55. The van der Waals surface area contributed by atoms with Crippen LogP contribution in [-0.4, -0.2) is 18.3 Å². The monoisotopic (exact) mass is 286 g/mol. The number of ether oxygens (including phenoxy) is 2. The van der Waals surface area contributed by atoms with Gasteiger partial charge in [-0.25, -0.2) is 0 Å². The zero-order chi connectivity index (χ0) is 11.7. The van der Waals surface area contributed by atoms with Crippen LogP contribution in [0.1, 0.15) is 31.1 Å². The van der Waals surface area contributed by atoms with Crippen LogP contribution in [0.25, 0.3) is 0 Å². The lowest BCUT2D eigenvalue weighted by atomic mass is 9.99. The highest BCUT2D eigenvalue weighted by atomic mass is 79.9. The molecule has 0 aliphatic carbocycles. The van der Waals surface area contributed by atoms with Crippen LogP contribution >= 0.6 is 15.9 Å². The van der Waals surface area contributed by atoms with E-state index in [1.54, 1.807) is 6.92 Å². The molecule has 1 aliphatic heterocycles. The summed E-state index contributed by atoms with van der Waals surface area (Å²) >= 11 is 3.47. The molecule has 1 heterocycles. The third kappa shape index (κ3) is 1.92. The van der Waals surface area contributed by atoms with Crippen LogP contribution < -0.4 is 9.47 Å². The Morgan fingerprint density at radius 3 is 2.75 bits per heavy atom.